The van der Waals surface area contributed by atoms with E-state index in [-0.39, 0.29) is 6.04 Å². The zero-order valence-electron chi connectivity index (χ0n) is 12.0. The number of nitrogens with two attached hydrogens (primary N) is 1. The predicted octanol–water partition coefficient (Wildman–Crippen LogP) is 4.11. The first-order chi connectivity index (χ1) is 9.11. The molecule has 0 bridgehead atoms. The van der Waals surface area contributed by atoms with Gasteiger partial charge in [-0.1, -0.05) is 19.4 Å². The molecule has 1 atom stereocenters. The van der Waals surface area contributed by atoms with Crippen LogP contribution in [0.1, 0.15) is 45.1 Å². The summed E-state index contributed by atoms with van der Waals surface area (Å²) in [5.74, 6) is 0. The van der Waals surface area contributed by atoms with Crippen LogP contribution in [0, 0.1) is 0 Å². The minimum Gasteiger partial charge on any atom is -0.368 e. The summed E-state index contributed by atoms with van der Waals surface area (Å²) in [5.41, 5.74) is 8.54. The maximum absolute atomic E-state index is 5.87. The lowest BCUT2D eigenvalue weighted by molar-refractivity contribution is 0.710. The second-order valence-corrected chi connectivity index (χ2v) is 6.60. The molecule has 1 saturated carbocycles. The van der Waals surface area contributed by atoms with E-state index >= 15 is 0 Å². The van der Waals surface area contributed by atoms with Gasteiger partial charge in [0.1, 0.15) is 0 Å². The number of benzene rings is 1. The number of unbranched alkanes of at least 4 members (excludes halogenated alkanes) is 1. The molecule has 0 radical (unpaired) electrons. The molecule has 0 heterocycles. The number of halogens is 1. The fraction of sp³-hybridized carbons (Fsp3) is 0.625. The lowest BCUT2D eigenvalue weighted by Crippen LogP contribution is -2.27. The van der Waals surface area contributed by atoms with Crippen LogP contribution in [0.25, 0.3) is 0 Å². The third-order valence-corrected chi connectivity index (χ3v) is 4.25. The fourth-order valence-corrected chi connectivity index (χ4v) is 3.15. The SMILES string of the molecule is CCCCN(c1ccc(CC(C)N)cc1Br)C1CC1. The average Bonchev–Trinajstić information content (AvgIpc) is 3.15. The van der Waals surface area contributed by atoms with Crippen molar-refractivity contribution in [1.29, 1.82) is 0 Å². The molecule has 1 aliphatic carbocycles. The third-order valence-electron chi connectivity index (χ3n) is 3.62. The molecule has 0 saturated heterocycles. The van der Waals surface area contributed by atoms with E-state index in [1.54, 1.807) is 0 Å². The van der Waals surface area contributed by atoms with Crippen LogP contribution < -0.4 is 10.6 Å². The first-order valence-electron chi connectivity index (χ1n) is 7.42. The number of hydrogen-bond donors (Lipinski definition) is 1. The quantitative estimate of drug-likeness (QED) is 0.817. The van der Waals surface area contributed by atoms with E-state index in [0.29, 0.717) is 0 Å². The van der Waals surface area contributed by atoms with Crippen LogP contribution in [0.4, 0.5) is 5.69 Å². The number of anilines is 1. The van der Waals surface area contributed by atoms with Gasteiger partial charge in [-0.3, -0.25) is 0 Å². The lowest BCUT2D eigenvalue weighted by atomic mass is 10.1. The highest BCUT2D eigenvalue weighted by atomic mass is 79.9. The summed E-state index contributed by atoms with van der Waals surface area (Å²) in [6.45, 7) is 5.48. The Kier molecular flexibility index (Phi) is 5.28. The molecule has 1 aromatic rings. The maximum atomic E-state index is 5.87. The Morgan fingerprint density at radius 2 is 2.16 bits per heavy atom. The molecule has 1 unspecified atom stereocenters. The van der Waals surface area contributed by atoms with E-state index in [0.717, 1.165) is 12.5 Å². The van der Waals surface area contributed by atoms with Crippen LogP contribution in [-0.4, -0.2) is 18.6 Å². The first-order valence-corrected chi connectivity index (χ1v) is 8.21. The zero-order valence-corrected chi connectivity index (χ0v) is 13.6. The average molecular weight is 325 g/mol. The van der Waals surface area contributed by atoms with Gasteiger partial charge < -0.3 is 10.6 Å². The van der Waals surface area contributed by atoms with Crippen molar-refractivity contribution in [3.8, 4) is 0 Å². The Balaban J connectivity index is 2.13. The van der Waals surface area contributed by atoms with Gasteiger partial charge >= 0.3 is 0 Å². The summed E-state index contributed by atoms with van der Waals surface area (Å²) in [4.78, 5) is 2.57. The second-order valence-electron chi connectivity index (χ2n) is 5.75. The Morgan fingerprint density at radius 3 is 2.68 bits per heavy atom. The second kappa shape index (κ2) is 6.76. The molecule has 106 valence electrons. The Morgan fingerprint density at radius 1 is 1.42 bits per heavy atom. The van der Waals surface area contributed by atoms with Crippen LogP contribution >= 0.6 is 15.9 Å². The molecular weight excluding hydrogens is 300 g/mol. The molecule has 19 heavy (non-hydrogen) atoms. The molecule has 1 aliphatic rings. The summed E-state index contributed by atoms with van der Waals surface area (Å²) >= 11 is 3.74. The van der Waals surface area contributed by atoms with Crippen molar-refractivity contribution in [3.63, 3.8) is 0 Å². The van der Waals surface area contributed by atoms with Crippen LogP contribution in [0.3, 0.4) is 0 Å². The van der Waals surface area contributed by atoms with Gasteiger partial charge in [-0.15, -0.1) is 0 Å². The van der Waals surface area contributed by atoms with E-state index in [2.05, 4.69) is 52.9 Å². The van der Waals surface area contributed by atoms with Crippen molar-refractivity contribution in [3.05, 3.63) is 28.2 Å². The highest BCUT2D eigenvalue weighted by Gasteiger charge is 2.29. The largest absolute Gasteiger partial charge is 0.368 e. The minimum absolute atomic E-state index is 0.220. The van der Waals surface area contributed by atoms with Gasteiger partial charge in [0.05, 0.1) is 5.69 Å². The van der Waals surface area contributed by atoms with Gasteiger partial charge in [0.25, 0.3) is 0 Å². The van der Waals surface area contributed by atoms with Crippen LogP contribution in [0.15, 0.2) is 22.7 Å². The van der Waals surface area contributed by atoms with Crippen molar-refractivity contribution in [2.75, 3.05) is 11.4 Å². The van der Waals surface area contributed by atoms with Crippen LogP contribution in [0.5, 0.6) is 0 Å². The smallest absolute Gasteiger partial charge is 0.0513 e. The molecule has 1 fully saturated rings. The summed E-state index contributed by atoms with van der Waals surface area (Å²) in [6.07, 6.45) is 6.15. The van der Waals surface area contributed by atoms with E-state index in [1.165, 1.54) is 48.0 Å². The van der Waals surface area contributed by atoms with Gasteiger partial charge in [-0.05, 0) is 66.2 Å². The van der Waals surface area contributed by atoms with Crippen molar-refractivity contribution in [2.24, 2.45) is 5.73 Å². The molecule has 2 rings (SSSR count). The van der Waals surface area contributed by atoms with E-state index < -0.39 is 0 Å². The molecule has 0 spiro atoms. The third kappa shape index (κ3) is 4.22. The number of nitrogens with zero attached hydrogens (tertiary/aromatic N) is 1. The normalized spacial score (nSPS) is 16.4. The van der Waals surface area contributed by atoms with E-state index in [1.807, 2.05) is 0 Å². The van der Waals surface area contributed by atoms with Crippen molar-refractivity contribution in [2.45, 2.75) is 58.0 Å². The molecule has 0 amide bonds. The molecule has 0 aliphatic heterocycles. The summed E-state index contributed by atoms with van der Waals surface area (Å²) in [7, 11) is 0. The Labute approximate surface area is 125 Å². The van der Waals surface area contributed by atoms with Gasteiger partial charge in [-0.2, -0.15) is 0 Å². The molecule has 2 N–H and O–H groups in total. The molecule has 2 nitrogen and oxygen atoms in total. The Hall–Kier alpha value is -0.540. The van der Waals surface area contributed by atoms with Crippen molar-refractivity contribution < 1.29 is 0 Å². The lowest BCUT2D eigenvalue weighted by Gasteiger charge is -2.26. The van der Waals surface area contributed by atoms with E-state index in [9.17, 15) is 0 Å². The molecule has 3 heteroatoms. The van der Waals surface area contributed by atoms with Gasteiger partial charge in [-0.25, -0.2) is 0 Å². The topological polar surface area (TPSA) is 29.3 Å². The van der Waals surface area contributed by atoms with E-state index in [4.69, 9.17) is 5.73 Å². The van der Waals surface area contributed by atoms with Gasteiger partial charge in [0.2, 0.25) is 0 Å². The number of rotatable bonds is 7. The zero-order chi connectivity index (χ0) is 13.8. The van der Waals surface area contributed by atoms with Crippen molar-refractivity contribution in [1.82, 2.24) is 0 Å². The first kappa shape index (κ1) is 14.9. The highest BCUT2D eigenvalue weighted by Crippen LogP contribution is 2.36. The number of hydrogen-bond acceptors (Lipinski definition) is 2. The predicted molar refractivity (Wildman–Crippen MR) is 86.8 cm³/mol. The minimum atomic E-state index is 0.220. The fourth-order valence-electron chi connectivity index (χ4n) is 2.50. The summed E-state index contributed by atoms with van der Waals surface area (Å²) in [6, 6.07) is 7.71. The van der Waals surface area contributed by atoms with Crippen LogP contribution in [-0.2, 0) is 6.42 Å². The summed E-state index contributed by atoms with van der Waals surface area (Å²) < 4.78 is 1.22. The molecule has 0 aromatic heterocycles. The van der Waals surface area contributed by atoms with Gasteiger partial charge in [0.15, 0.2) is 0 Å². The van der Waals surface area contributed by atoms with Crippen molar-refractivity contribution >= 4 is 21.6 Å². The highest BCUT2D eigenvalue weighted by molar-refractivity contribution is 9.10. The molecule has 1 aromatic carbocycles. The monoisotopic (exact) mass is 324 g/mol. The van der Waals surface area contributed by atoms with Gasteiger partial charge in [0, 0.05) is 23.1 Å². The van der Waals surface area contributed by atoms with Crippen LogP contribution in [0.2, 0.25) is 0 Å². The Bertz CT molecular complexity index is 413. The maximum Gasteiger partial charge on any atom is 0.0513 e. The summed E-state index contributed by atoms with van der Waals surface area (Å²) in [5, 5.41) is 0. The molecular formula is C16H25BrN2. The standard InChI is InChI=1S/C16H25BrN2/c1-3-4-9-19(14-6-7-14)16-8-5-13(10-12(2)18)11-15(16)17/h5,8,11-12,14H,3-4,6-7,9-10,18H2,1-2H3.